The van der Waals surface area contributed by atoms with Gasteiger partial charge >= 0.3 is 0 Å². The van der Waals surface area contributed by atoms with Gasteiger partial charge in [-0.15, -0.1) is 0 Å². The number of rotatable bonds is 2. The largest absolute Gasteiger partial charge is 0.388 e. The first-order valence-corrected chi connectivity index (χ1v) is 6.44. The van der Waals surface area contributed by atoms with Crippen LogP contribution in [-0.4, -0.2) is 10.9 Å². The van der Waals surface area contributed by atoms with Crippen LogP contribution in [0.2, 0.25) is 0 Å². The number of benzene rings is 1. The lowest BCUT2D eigenvalue weighted by atomic mass is 9.82. The van der Waals surface area contributed by atoms with Crippen LogP contribution in [-0.2, 0) is 4.79 Å². The molecule has 1 fully saturated rings. The molecule has 0 spiro atoms. The Morgan fingerprint density at radius 2 is 2.06 bits per heavy atom. The maximum atomic E-state index is 11.7. The van der Waals surface area contributed by atoms with Crippen molar-refractivity contribution in [1.82, 2.24) is 0 Å². The van der Waals surface area contributed by atoms with Crippen LogP contribution in [0.3, 0.4) is 0 Å². The highest BCUT2D eigenvalue weighted by Gasteiger charge is 2.30. The van der Waals surface area contributed by atoms with E-state index in [4.69, 9.17) is 0 Å². The van der Waals surface area contributed by atoms with Crippen LogP contribution in [0.4, 0.5) is 0 Å². The summed E-state index contributed by atoms with van der Waals surface area (Å²) in [6, 6.07) is 7.56. The van der Waals surface area contributed by atoms with Gasteiger partial charge in [-0.25, -0.2) is 0 Å². The second-order valence-electron chi connectivity index (χ2n) is 4.28. The smallest absolute Gasteiger partial charge is 0.138 e. The Kier molecular flexibility index (Phi) is 3.77. The molecule has 1 unspecified atom stereocenters. The molecule has 2 rings (SSSR count). The number of ketones is 1. The normalized spacial score (nSPS) is 23.1. The van der Waals surface area contributed by atoms with Gasteiger partial charge in [-0.3, -0.25) is 4.79 Å². The van der Waals surface area contributed by atoms with Crippen molar-refractivity contribution >= 4 is 21.7 Å². The van der Waals surface area contributed by atoms with Crippen molar-refractivity contribution in [1.29, 1.82) is 0 Å². The van der Waals surface area contributed by atoms with Gasteiger partial charge in [0.1, 0.15) is 5.78 Å². The number of hydrogen-bond acceptors (Lipinski definition) is 2. The Morgan fingerprint density at radius 3 is 2.75 bits per heavy atom. The van der Waals surface area contributed by atoms with Crippen molar-refractivity contribution in [3.8, 4) is 0 Å². The summed E-state index contributed by atoms with van der Waals surface area (Å²) in [6.45, 7) is 0. The molecule has 1 aromatic carbocycles. The molecule has 0 amide bonds. The Hall–Kier alpha value is -0.670. The van der Waals surface area contributed by atoms with Crippen molar-refractivity contribution in [2.45, 2.75) is 31.8 Å². The summed E-state index contributed by atoms with van der Waals surface area (Å²) in [6.07, 6.45) is 2.77. The summed E-state index contributed by atoms with van der Waals surface area (Å²) in [7, 11) is 0. The maximum Gasteiger partial charge on any atom is 0.138 e. The standard InChI is InChI=1S/C13H15BrO2/c14-11-7-3-1-5-9(11)13(16)10-6-2-4-8-12(10)15/h1,3,5,7,10,13,16H,2,4,6,8H2/t10?,13-/m0/s1. The number of aliphatic hydroxyl groups is 1. The van der Waals surface area contributed by atoms with Crippen molar-refractivity contribution < 1.29 is 9.90 Å². The summed E-state index contributed by atoms with van der Waals surface area (Å²) in [5, 5.41) is 10.2. The van der Waals surface area contributed by atoms with E-state index < -0.39 is 6.10 Å². The summed E-state index contributed by atoms with van der Waals surface area (Å²) in [5.41, 5.74) is 0.822. The monoisotopic (exact) mass is 282 g/mol. The topological polar surface area (TPSA) is 37.3 Å². The minimum Gasteiger partial charge on any atom is -0.388 e. The number of carbonyl (C=O) groups excluding carboxylic acids is 1. The van der Waals surface area contributed by atoms with E-state index in [-0.39, 0.29) is 11.7 Å². The maximum absolute atomic E-state index is 11.7. The van der Waals surface area contributed by atoms with Gasteiger partial charge in [0.15, 0.2) is 0 Å². The average molecular weight is 283 g/mol. The van der Waals surface area contributed by atoms with Crippen molar-refractivity contribution in [2.75, 3.05) is 0 Å². The van der Waals surface area contributed by atoms with Crippen molar-refractivity contribution in [2.24, 2.45) is 5.92 Å². The average Bonchev–Trinajstić information content (AvgIpc) is 2.29. The fourth-order valence-corrected chi connectivity index (χ4v) is 2.79. The van der Waals surface area contributed by atoms with Crippen molar-refractivity contribution in [3.63, 3.8) is 0 Å². The molecule has 2 atom stereocenters. The molecule has 1 aliphatic carbocycles. The van der Waals surface area contributed by atoms with Gasteiger partial charge in [0, 0.05) is 16.8 Å². The molecule has 0 heterocycles. The first-order chi connectivity index (χ1) is 7.70. The molecule has 16 heavy (non-hydrogen) atoms. The third kappa shape index (κ3) is 2.36. The molecule has 1 saturated carbocycles. The summed E-state index contributed by atoms with van der Waals surface area (Å²) >= 11 is 3.41. The highest BCUT2D eigenvalue weighted by molar-refractivity contribution is 9.10. The quantitative estimate of drug-likeness (QED) is 0.904. The molecular weight excluding hydrogens is 268 g/mol. The predicted molar refractivity (Wildman–Crippen MR) is 66.1 cm³/mol. The van der Waals surface area contributed by atoms with E-state index in [2.05, 4.69) is 15.9 Å². The minimum atomic E-state index is -0.664. The third-order valence-electron chi connectivity index (χ3n) is 3.21. The van der Waals surface area contributed by atoms with E-state index in [0.717, 1.165) is 29.3 Å². The van der Waals surface area contributed by atoms with Crippen LogP contribution in [0.1, 0.15) is 37.4 Å². The fraction of sp³-hybridized carbons (Fsp3) is 0.462. The van der Waals surface area contributed by atoms with Crippen LogP contribution in [0.15, 0.2) is 28.7 Å². The summed E-state index contributed by atoms with van der Waals surface area (Å²) < 4.78 is 0.876. The van der Waals surface area contributed by atoms with Gasteiger partial charge in [-0.1, -0.05) is 40.5 Å². The number of carbonyl (C=O) groups is 1. The van der Waals surface area contributed by atoms with Crippen LogP contribution in [0.25, 0.3) is 0 Å². The van der Waals surface area contributed by atoms with E-state index in [1.54, 1.807) is 0 Å². The number of Topliss-reactive ketones (excluding diaryl/α,β-unsaturated/α-hetero) is 1. The first-order valence-electron chi connectivity index (χ1n) is 5.65. The van der Waals surface area contributed by atoms with Gasteiger partial charge < -0.3 is 5.11 Å². The van der Waals surface area contributed by atoms with E-state index in [0.29, 0.717) is 6.42 Å². The highest BCUT2D eigenvalue weighted by Crippen LogP contribution is 2.34. The fourth-order valence-electron chi connectivity index (χ4n) is 2.28. The Labute approximate surface area is 104 Å². The molecular formula is C13H15BrO2. The summed E-state index contributed by atoms with van der Waals surface area (Å²) in [4.78, 5) is 11.7. The second kappa shape index (κ2) is 5.11. The zero-order chi connectivity index (χ0) is 11.5. The molecule has 2 nitrogen and oxygen atoms in total. The summed E-state index contributed by atoms with van der Waals surface area (Å²) in [5.74, 6) is -0.0121. The van der Waals surface area contributed by atoms with Crippen LogP contribution < -0.4 is 0 Å². The van der Waals surface area contributed by atoms with Gasteiger partial charge in [0.2, 0.25) is 0 Å². The Bertz CT molecular complexity index is 389. The van der Waals surface area contributed by atoms with E-state index in [1.807, 2.05) is 24.3 Å². The minimum absolute atomic E-state index is 0.203. The van der Waals surface area contributed by atoms with E-state index in [9.17, 15) is 9.90 Å². The number of hydrogen-bond donors (Lipinski definition) is 1. The lowest BCUT2D eigenvalue weighted by molar-refractivity contribution is -0.128. The van der Waals surface area contributed by atoms with Crippen LogP contribution in [0.5, 0.6) is 0 Å². The van der Waals surface area contributed by atoms with Gasteiger partial charge in [0.25, 0.3) is 0 Å². The van der Waals surface area contributed by atoms with Gasteiger partial charge in [-0.05, 0) is 24.5 Å². The highest BCUT2D eigenvalue weighted by atomic mass is 79.9. The molecule has 86 valence electrons. The zero-order valence-corrected chi connectivity index (χ0v) is 10.6. The van der Waals surface area contributed by atoms with Gasteiger partial charge in [-0.2, -0.15) is 0 Å². The molecule has 0 aliphatic heterocycles. The Balaban J connectivity index is 2.21. The molecule has 0 bridgehead atoms. The van der Waals surface area contributed by atoms with Gasteiger partial charge in [0.05, 0.1) is 6.10 Å². The molecule has 3 heteroatoms. The number of halogens is 1. The molecule has 0 saturated heterocycles. The van der Waals surface area contributed by atoms with E-state index in [1.165, 1.54) is 0 Å². The first kappa shape index (κ1) is 11.8. The molecule has 1 aliphatic rings. The van der Waals surface area contributed by atoms with Crippen LogP contribution >= 0.6 is 15.9 Å². The zero-order valence-electron chi connectivity index (χ0n) is 9.03. The lowest BCUT2D eigenvalue weighted by Gasteiger charge is -2.26. The van der Waals surface area contributed by atoms with E-state index >= 15 is 0 Å². The second-order valence-corrected chi connectivity index (χ2v) is 5.14. The molecule has 1 N–H and O–H groups in total. The molecule has 0 radical (unpaired) electrons. The predicted octanol–water partition coefficient (Wildman–Crippen LogP) is 3.24. The lowest BCUT2D eigenvalue weighted by Crippen LogP contribution is -2.25. The van der Waals surface area contributed by atoms with Crippen molar-refractivity contribution in [3.05, 3.63) is 34.3 Å². The molecule has 1 aromatic rings. The van der Waals surface area contributed by atoms with Crippen LogP contribution in [0, 0.1) is 5.92 Å². The SMILES string of the molecule is O=C1CCCCC1[C@@H](O)c1ccccc1Br. The molecule has 0 aromatic heterocycles. The Morgan fingerprint density at radius 1 is 1.31 bits per heavy atom. The number of aliphatic hydroxyl groups excluding tert-OH is 1. The third-order valence-corrected chi connectivity index (χ3v) is 3.93.